The van der Waals surface area contributed by atoms with Gasteiger partial charge in [0.15, 0.2) is 35.7 Å². The van der Waals surface area contributed by atoms with Gasteiger partial charge in [0.1, 0.15) is 96.3 Å². The van der Waals surface area contributed by atoms with Crippen LogP contribution in [0.5, 0.6) is 0 Å². The van der Waals surface area contributed by atoms with Crippen molar-refractivity contribution in [3.8, 4) is 0 Å². The fraction of sp³-hybridized carbons (Fsp3) is 0.500. The van der Waals surface area contributed by atoms with Crippen molar-refractivity contribution < 1.29 is 122 Å². The quantitative estimate of drug-likeness (QED) is 0.0579. The number of nitrogens with two attached hydrogens (primary N) is 3. The summed E-state index contributed by atoms with van der Waals surface area (Å²) in [5.74, 6) is 0.529. The Kier molecular flexibility index (Phi) is 19.0. The number of hydrogen-bond acceptors (Lipinski definition) is 27. The molecule has 3 aliphatic rings. The van der Waals surface area contributed by atoms with Gasteiger partial charge in [-0.2, -0.15) is 8.62 Å². The van der Waals surface area contributed by atoms with Crippen LogP contribution in [0.2, 0.25) is 0 Å². The summed E-state index contributed by atoms with van der Waals surface area (Å²) in [5.41, 5.74) is 11.1. The average molecular weight is 1340 g/mol. The molecule has 15 N–H and O–H groups in total. The number of rotatable bonds is 17. The van der Waals surface area contributed by atoms with Crippen molar-refractivity contribution >= 4 is 89.6 Å². The summed E-state index contributed by atoms with van der Waals surface area (Å²) in [6, 6.07) is 4.67. The van der Waals surface area contributed by atoms with Crippen LogP contribution in [0, 0.1) is 0 Å². The Hall–Kier alpha value is -5.31. The first kappa shape index (κ1) is 67.6. The molecule has 3 fully saturated rings. The molecule has 0 aromatic carbocycles. The third kappa shape index (κ3) is 14.2. The highest BCUT2D eigenvalue weighted by Gasteiger charge is 2.60. The molecule has 0 aliphatic carbocycles. The number of fused-ring (bicyclic) bond motifs is 3. The van der Waals surface area contributed by atoms with Crippen LogP contribution in [0.4, 0.5) is 30.6 Å². The van der Waals surface area contributed by atoms with Gasteiger partial charge in [-0.25, -0.2) is 70.7 Å². The van der Waals surface area contributed by atoms with E-state index in [1.165, 1.54) is 84.2 Å². The Morgan fingerprint density at radius 3 is 1.22 bits per heavy atom. The van der Waals surface area contributed by atoms with Gasteiger partial charge in [-0.05, 0) is 59.7 Å². The number of ether oxygens (including phenoxy) is 3. The van der Waals surface area contributed by atoms with E-state index in [2.05, 4.69) is 52.6 Å². The summed E-state index contributed by atoms with van der Waals surface area (Å²) in [6.45, 7) is 7.00. The molecule has 3 aliphatic heterocycles. The van der Waals surface area contributed by atoms with Crippen molar-refractivity contribution in [1.82, 2.24) is 52.9 Å². The van der Waals surface area contributed by atoms with E-state index < -0.39 is 130 Å². The van der Waals surface area contributed by atoms with Gasteiger partial charge in [-0.1, -0.05) is 0 Å². The van der Waals surface area contributed by atoms with Gasteiger partial charge < -0.3 is 99.2 Å². The summed E-state index contributed by atoms with van der Waals surface area (Å²) in [5, 5.41) is 32.7. The molecule has 0 radical (unpaired) electrons. The summed E-state index contributed by atoms with van der Waals surface area (Å²) in [7, 11) is -26.3. The van der Waals surface area contributed by atoms with E-state index in [1.807, 2.05) is 0 Å². The number of halogens is 3. The molecular formula is C42H57F3N14O23P5-. The molecule has 37 nitrogen and oxygen atoms in total. The van der Waals surface area contributed by atoms with Crippen LogP contribution in [0.25, 0.3) is 33.1 Å². The summed E-state index contributed by atoms with van der Waals surface area (Å²) in [6.07, 6.45) is -6.02. The normalized spacial score (nSPS) is 31.4. The first-order valence-electron chi connectivity index (χ1n) is 24.9. The molecule has 0 bridgehead atoms. The molecule has 3 saturated heterocycles. The smallest absolute Gasteiger partial charge is 0.490 e. The monoisotopic (exact) mass is 1340 g/mol. The zero-order valence-electron chi connectivity index (χ0n) is 45.6. The molecule has 7 unspecified atom stereocenters. The number of phosphoric ester groups is 2. The molecule has 0 spiro atoms. The van der Waals surface area contributed by atoms with Gasteiger partial charge in [0, 0.05) is 31.0 Å². The van der Waals surface area contributed by atoms with Crippen LogP contribution < -0.4 is 22.1 Å². The molecule has 19 atom stereocenters. The van der Waals surface area contributed by atoms with Crippen LogP contribution in [0.1, 0.15) is 60.2 Å². The molecule has 10 rings (SSSR count). The highest BCUT2D eigenvalue weighted by molar-refractivity contribution is 7.66. The zero-order valence-corrected chi connectivity index (χ0v) is 50.1. The van der Waals surface area contributed by atoms with Crippen molar-refractivity contribution in [2.45, 2.75) is 132 Å². The highest BCUT2D eigenvalue weighted by Crippen LogP contribution is 2.67. The number of alkyl halides is 3. The molecule has 7 aromatic rings. The minimum atomic E-state index is -5.76. The SMILES string of the molecule is CC(OP(=O)(O)OP(=O)(O)OP(=O)(O)O)[C@H]1O[C@@H](n2ccc3c(N)ncnc32)[C@](C)(F)[C@@H]1O.CC(OP(=O)(O)n1ccnc1)[C@H]1O[C@@H](n2ccc3c(N)ncnc32)[C@](C)(F)[C@@H]1O.CC(OP(=O)([O-])O)[C@H]1O[C@@H](n2ccc3c(N)ncnc32)[C@](C)(F)[C@@H]1O. The number of aliphatic hydroxyl groups is 3. The highest BCUT2D eigenvalue weighted by atomic mass is 31.3. The van der Waals surface area contributed by atoms with Gasteiger partial charge in [-0.3, -0.25) is 13.6 Å². The van der Waals surface area contributed by atoms with Crippen molar-refractivity contribution in [3.63, 3.8) is 0 Å². The van der Waals surface area contributed by atoms with Crippen molar-refractivity contribution in [1.29, 1.82) is 0 Å². The molecule has 0 amide bonds. The van der Waals surface area contributed by atoms with E-state index in [0.29, 0.717) is 27.5 Å². The number of nitrogen functional groups attached to an aromatic ring is 3. The van der Waals surface area contributed by atoms with Gasteiger partial charge in [0.05, 0.1) is 34.5 Å². The third-order valence-electron chi connectivity index (χ3n) is 13.8. The number of aromatic nitrogens is 11. The van der Waals surface area contributed by atoms with Crippen LogP contribution in [0.3, 0.4) is 0 Å². The minimum absolute atomic E-state index is 0.107. The lowest BCUT2D eigenvalue weighted by molar-refractivity contribution is -0.228. The maximum atomic E-state index is 15.5. The number of phosphoric acid groups is 4. The summed E-state index contributed by atoms with van der Waals surface area (Å²) in [4.78, 5) is 93.3. The standard InChI is InChI=1S/C16H20FN6O5P.C13H20FN4O12P3.C13H18FN4O6P/c1-9(28-29(25,26)22-6-4-19-8-22)11-12(24)16(2,17)15(27-11)23-5-3-10-13(18)20-7-21-14(10)23;1-6(28-32(23,24)30-33(25,26)29-31(20,21)22)8-9(19)13(2,14)12(27-8)18-4-3-7-10(15)16-5-17-11(7)18;1-6(24-25(20,21)22)8-9(19)13(2,14)12(23-8)18-4-3-7-10(15)16-5-17-11(7)18/h3-9,11-12,15,24H,1-2H3,(H,25,26)(H2,18,20,21);3-6,8-9,12,19H,1-2H3,(H,23,24)(H,25,26)(H2,15,16,17)(H2,20,21,22);3-6,8-9,12,19H,1-2H3,(H2,15,16,17)(H2,20,21,22)/p-1/t9?,11-,12-,15-,16-;2*6?,8-,9-,12-,13-/m111/s1. The zero-order chi connectivity index (χ0) is 64.5. The van der Waals surface area contributed by atoms with Crippen molar-refractivity contribution in [3.05, 3.63) is 74.5 Å². The van der Waals surface area contributed by atoms with Gasteiger partial charge in [0.25, 0.3) is 7.82 Å². The van der Waals surface area contributed by atoms with E-state index in [4.69, 9.17) is 50.6 Å². The first-order chi connectivity index (χ1) is 40.1. The van der Waals surface area contributed by atoms with Crippen LogP contribution in [-0.4, -0.2) is 170 Å². The summed E-state index contributed by atoms with van der Waals surface area (Å²) >= 11 is 0. The van der Waals surface area contributed by atoms with Gasteiger partial charge >= 0.3 is 31.2 Å². The number of imidazole rings is 1. The van der Waals surface area contributed by atoms with Gasteiger partial charge in [0.2, 0.25) is 0 Å². The number of hydrogen-bond donors (Lipinski definition) is 12. The largest absolute Gasteiger partial charge is 0.756 e. The van der Waals surface area contributed by atoms with Crippen LogP contribution in [0.15, 0.2) is 74.5 Å². The average Bonchev–Trinajstić information content (AvgIpc) is 1.63. The fourth-order valence-corrected chi connectivity index (χ4v) is 14.5. The molecule has 87 heavy (non-hydrogen) atoms. The molecule has 45 heteroatoms. The van der Waals surface area contributed by atoms with E-state index in [-0.39, 0.29) is 23.1 Å². The topological polar surface area (TPSA) is 552 Å². The predicted octanol–water partition coefficient (Wildman–Crippen LogP) is 1.85. The Morgan fingerprint density at radius 2 is 0.897 bits per heavy atom. The van der Waals surface area contributed by atoms with Crippen LogP contribution >= 0.6 is 39.0 Å². The van der Waals surface area contributed by atoms with Gasteiger partial charge in [-0.15, -0.1) is 0 Å². The lowest BCUT2D eigenvalue weighted by atomic mass is 9.96. The van der Waals surface area contributed by atoms with Crippen LogP contribution in [-0.2, 0) is 59.2 Å². The van der Waals surface area contributed by atoms with E-state index in [1.54, 1.807) is 12.1 Å². The Balaban J connectivity index is 0.000000171. The molecule has 10 heterocycles. The Labute approximate surface area is 487 Å². The second-order valence-electron chi connectivity index (χ2n) is 20.2. The number of aliphatic hydroxyl groups excluding tert-OH is 3. The molecule has 480 valence electrons. The fourth-order valence-electron chi connectivity index (χ4n) is 9.70. The number of anilines is 3. The second kappa shape index (κ2) is 24.5. The first-order valence-corrected chi connectivity index (χ1v) is 32.5. The summed E-state index contributed by atoms with van der Waals surface area (Å²) < 4.78 is 147. The lowest BCUT2D eigenvalue weighted by Gasteiger charge is -2.27. The molecule has 7 aromatic heterocycles. The maximum Gasteiger partial charge on any atom is 0.490 e. The molecular weight excluding hydrogens is 1280 g/mol. The molecule has 0 saturated carbocycles. The number of nitrogens with zero attached hydrogens (tertiary/aromatic N) is 11. The third-order valence-corrected chi connectivity index (χ3v) is 19.8. The Morgan fingerprint density at radius 1 is 0.552 bits per heavy atom. The lowest BCUT2D eigenvalue weighted by Crippen LogP contribution is -2.43. The Bertz CT molecular complexity index is 3870. The van der Waals surface area contributed by atoms with Crippen molar-refractivity contribution in [2.24, 2.45) is 0 Å². The minimum Gasteiger partial charge on any atom is -0.756 e. The maximum absolute atomic E-state index is 15.5. The van der Waals surface area contributed by atoms with Crippen molar-refractivity contribution in [2.75, 3.05) is 17.2 Å². The van der Waals surface area contributed by atoms with E-state index in [9.17, 15) is 57.7 Å². The predicted molar refractivity (Wildman–Crippen MR) is 287 cm³/mol. The second-order valence-corrected chi connectivity index (χ2v) is 27.4. The van der Waals surface area contributed by atoms with E-state index >= 15 is 13.2 Å². The van der Waals surface area contributed by atoms with E-state index in [0.717, 1.165) is 37.8 Å².